The number of amides is 1. The summed E-state index contributed by atoms with van der Waals surface area (Å²) in [5.74, 6) is -2.48. The van der Waals surface area contributed by atoms with Crippen LogP contribution in [0.4, 0.5) is 14.5 Å². The zero-order valence-electron chi connectivity index (χ0n) is 8.21. The van der Waals surface area contributed by atoms with Crippen LogP contribution in [0.2, 0.25) is 4.34 Å². The Kier molecular flexibility index (Phi) is 3.35. The topological polar surface area (TPSA) is 42.0 Å². The van der Waals surface area contributed by atoms with Crippen LogP contribution in [0.3, 0.4) is 0 Å². The van der Waals surface area contributed by atoms with Gasteiger partial charge in [0.05, 0.1) is 21.6 Å². The van der Waals surface area contributed by atoms with Crippen molar-refractivity contribution in [2.75, 3.05) is 5.32 Å². The van der Waals surface area contributed by atoms with E-state index in [0.29, 0.717) is 4.34 Å². The van der Waals surface area contributed by atoms with Crippen LogP contribution in [-0.2, 0) is 0 Å². The molecule has 0 atom stereocenters. The minimum atomic E-state index is -0.930. The lowest BCUT2D eigenvalue weighted by Gasteiger charge is -2.05. The van der Waals surface area contributed by atoms with E-state index in [2.05, 4.69) is 10.3 Å². The lowest BCUT2D eigenvalue weighted by atomic mass is 10.3. The smallest absolute Gasteiger partial charge is 0.265 e. The number of nitrogens with zero attached hydrogens (tertiary/aromatic N) is 1. The summed E-state index contributed by atoms with van der Waals surface area (Å²) in [5, 5.41) is 2.13. The summed E-state index contributed by atoms with van der Waals surface area (Å²) < 4.78 is 26.8. The van der Waals surface area contributed by atoms with E-state index in [0.717, 1.165) is 23.7 Å². The average Bonchev–Trinajstić information content (AvgIpc) is 2.70. The Morgan fingerprint density at radius 3 is 2.47 bits per heavy atom. The molecule has 0 aliphatic carbocycles. The van der Waals surface area contributed by atoms with Crippen molar-refractivity contribution in [3.05, 3.63) is 45.4 Å². The Morgan fingerprint density at radius 2 is 1.94 bits per heavy atom. The van der Waals surface area contributed by atoms with Crippen molar-refractivity contribution in [1.82, 2.24) is 4.98 Å². The van der Waals surface area contributed by atoms with Gasteiger partial charge in [-0.2, -0.15) is 0 Å². The van der Waals surface area contributed by atoms with Crippen molar-refractivity contribution >= 4 is 34.5 Å². The van der Waals surface area contributed by atoms with Crippen molar-refractivity contribution in [3.8, 4) is 0 Å². The normalized spacial score (nSPS) is 10.3. The van der Waals surface area contributed by atoms with Crippen LogP contribution in [0.15, 0.2) is 24.5 Å². The number of rotatable bonds is 2. The Morgan fingerprint density at radius 1 is 1.29 bits per heavy atom. The molecule has 2 aromatic rings. The van der Waals surface area contributed by atoms with Crippen molar-refractivity contribution < 1.29 is 13.6 Å². The summed E-state index contributed by atoms with van der Waals surface area (Å²) in [6, 6.07) is 3.00. The summed E-state index contributed by atoms with van der Waals surface area (Å²) in [7, 11) is 0. The first-order chi connectivity index (χ1) is 8.08. The van der Waals surface area contributed by atoms with Crippen molar-refractivity contribution in [2.45, 2.75) is 0 Å². The standard InChI is InChI=1S/C10H5ClF2N2OS/c11-8-2-1-7(17-8)10(16)15-9-5(12)3-14-4-6(9)13/h1-4H,(H,14,15,16). The highest BCUT2D eigenvalue weighted by molar-refractivity contribution is 7.18. The molecule has 0 fully saturated rings. The molecule has 88 valence electrons. The number of carbonyl (C=O) groups excluding carboxylic acids is 1. The van der Waals surface area contributed by atoms with Crippen LogP contribution >= 0.6 is 22.9 Å². The van der Waals surface area contributed by atoms with E-state index in [-0.39, 0.29) is 4.88 Å². The SMILES string of the molecule is O=C(Nc1c(F)cncc1F)c1ccc(Cl)s1. The highest BCUT2D eigenvalue weighted by atomic mass is 35.5. The summed E-state index contributed by atoms with van der Waals surface area (Å²) in [6.07, 6.45) is 1.64. The van der Waals surface area contributed by atoms with E-state index in [4.69, 9.17) is 11.6 Å². The maximum absolute atomic E-state index is 13.2. The Labute approximate surface area is 104 Å². The molecule has 2 aromatic heterocycles. The zero-order chi connectivity index (χ0) is 12.4. The van der Waals surface area contributed by atoms with E-state index < -0.39 is 23.2 Å². The fourth-order valence-electron chi connectivity index (χ4n) is 1.14. The lowest BCUT2D eigenvalue weighted by molar-refractivity contribution is 0.102. The second kappa shape index (κ2) is 4.77. The van der Waals surface area contributed by atoms with Gasteiger partial charge in [0.2, 0.25) is 0 Å². The Balaban J connectivity index is 2.24. The number of nitrogens with one attached hydrogen (secondary N) is 1. The predicted octanol–water partition coefficient (Wildman–Crippen LogP) is 3.33. The second-order valence-electron chi connectivity index (χ2n) is 3.04. The van der Waals surface area contributed by atoms with Gasteiger partial charge in [0.15, 0.2) is 11.6 Å². The Bertz CT molecular complexity index is 553. The third-order valence-corrected chi connectivity index (χ3v) is 3.12. The van der Waals surface area contributed by atoms with E-state index in [1.165, 1.54) is 12.1 Å². The van der Waals surface area contributed by atoms with Crippen LogP contribution in [0.5, 0.6) is 0 Å². The Hall–Kier alpha value is -1.53. The molecule has 0 spiro atoms. The first-order valence-corrected chi connectivity index (χ1v) is 5.63. The summed E-state index contributed by atoms with van der Waals surface area (Å²) >= 11 is 6.67. The number of aromatic nitrogens is 1. The molecule has 2 heterocycles. The molecule has 0 saturated heterocycles. The van der Waals surface area contributed by atoms with Gasteiger partial charge in [-0.3, -0.25) is 9.78 Å². The number of hydrogen-bond acceptors (Lipinski definition) is 3. The zero-order valence-corrected chi connectivity index (χ0v) is 9.78. The largest absolute Gasteiger partial charge is 0.316 e. The van der Waals surface area contributed by atoms with Gasteiger partial charge in [0.25, 0.3) is 5.91 Å². The van der Waals surface area contributed by atoms with E-state index in [1.807, 2.05) is 0 Å². The number of anilines is 1. The first-order valence-electron chi connectivity index (χ1n) is 4.43. The fourth-order valence-corrected chi connectivity index (χ4v) is 2.08. The van der Waals surface area contributed by atoms with E-state index >= 15 is 0 Å². The molecule has 1 N–H and O–H groups in total. The molecular weight excluding hydrogens is 270 g/mol. The highest BCUT2D eigenvalue weighted by Gasteiger charge is 2.15. The third-order valence-electron chi connectivity index (χ3n) is 1.89. The molecule has 0 aliphatic rings. The second-order valence-corrected chi connectivity index (χ2v) is 4.75. The molecule has 0 aliphatic heterocycles. The number of thiophene rings is 1. The van der Waals surface area contributed by atoms with E-state index in [1.54, 1.807) is 0 Å². The van der Waals surface area contributed by atoms with Gasteiger partial charge < -0.3 is 5.32 Å². The molecule has 2 rings (SSSR count). The molecule has 3 nitrogen and oxygen atoms in total. The fraction of sp³-hybridized carbons (Fsp3) is 0. The lowest BCUT2D eigenvalue weighted by Crippen LogP contribution is -2.13. The molecule has 7 heteroatoms. The van der Waals surface area contributed by atoms with Gasteiger partial charge in [0.1, 0.15) is 5.69 Å². The van der Waals surface area contributed by atoms with Crippen LogP contribution in [-0.4, -0.2) is 10.9 Å². The van der Waals surface area contributed by atoms with Gasteiger partial charge in [0, 0.05) is 0 Å². The molecule has 0 unspecified atom stereocenters. The molecule has 0 radical (unpaired) electrons. The third kappa shape index (κ3) is 2.59. The summed E-state index contributed by atoms with van der Waals surface area (Å²) in [4.78, 5) is 15.2. The van der Waals surface area contributed by atoms with E-state index in [9.17, 15) is 13.6 Å². The van der Waals surface area contributed by atoms with Crippen LogP contribution in [0.25, 0.3) is 0 Å². The molecule has 17 heavy (non-hydrogen) atoms. The molecule has 0 aromatic carbocycles. The summed E-state index contributed by atoms with van der Waals surface area (Å²) in [5.41, 5.74) is -0.519. The molecule has 1 amide bonds. The van der Waals surface area contributed by atoms with Gasteiger partial charge in [-0.05, 0) is 12.1 Å². The van der Waals surface area contributed by atoms with Crippen molar-refractivity contribution in [2.24, 2.45) is 0 Å². The molecule has 0 bridgehead atoms. The van der Waals surface area contributed by atoms with Gasteiger partial charge in [-0.1, -0.05) is 11.6 Å². The predicted molar refractivity (Wildman–Crippen MR) is 61.4 cm³/mol. The molecular formula is C10H5ClF2N2OS. The van der Waals surface area contributed by atoms with Crippen molar-refractivity contribution in [1.29, 1.82) is 0 Å². The highest BCUT2D eigenvalue weighted by Crippen LogP contribution is 2.23. The first kappa shape index (κ1) is 11.9. The maximum Gasteiger partial charge on any atom is 0.265 e. The van der Waals surface area contributed by atoms with Crippen LogP contribution in [0.1, 0.15) is 9.67 Å². The van der Waals surface area contributed by atoms with Gasteiger partial charge >= 0.3 is 0 Å². The minimum Gasteiger partial charge on any atom is -0.316 e. The average molecular weight is 275 g/mol. The number of halogens is 3. The maximum atomic E-state index is 13.2. The van der Waals surface area contributed by atoms with Gasteiger partial charge in [-0.15, -0.1) is 11.3 Å². The quantitative estimate of drug-likeness (QED) is 0.913. The molecule has 0 saturated carbocycles. The minimum absolute atomic E-state index is 0.269. The summed E-state index contributed by atoms with van der Waals surface area (Å²) in [6.45, 7) is 0. The van der Waals surface area contributed by atoms with Crippen LogP contribution < -0.4 is 5.32 Å². The van der Waals surface area contributed by atoms with Crippen LogP contribution in [0, 0.1) is 11.6 Å². The number of carbonyl (C=O) groups is 1. The number of hydrogen-bond donors (Lipinski definition) is 1. The monoisotopic (exact) mass is 274 g/mol. The van der Waals surface area contributed by atoms with Gasteiger partial charge in [-0.25, -0.2) is 8.78 Å². The van der Waals surface area contributed by atoms with Crippen molar-refractivity contribution in [3.63, 3.8) is 0 Å². The number of pyridine rings is 1.